The lowest BCUT2D eigenvalue weighted by atomic mass is 10.1. The van der Waals surface area contributed by atoms with Gasteiger partial charge in [0, 0.05) is 30.1 Å². The van der Waals surface area contributed by atoms with Crippen LogP contribution in [-0.4, -0.2) is 25.5 Å². The summed E-state index contributed by atoms with van der Waals surface area (Å²) in [5, 5.41) is 18.6. The molecule has 0 atom stereocenters. The molecule has 3 N–H and O–H groups in total. The highest BCUT2D eigenvalue weighted by molar-refractivity contribution is 6.35. The molecule has 0 unspecified atom stereocenters. The van der Waals surface area contributed by atoms with Crippen molar-refractivity contribution in [2.45, 2.75) is 13.8 Å². The van der Waals surface area contributed by atoms with Crippen molar-refractivity contribution < 1.29 is 4.39 Å². The molecular weight excluding hydrogens is 381 g/mol. The molecule has 144 valence electrons. The van der Waals surface area contributed by atoms with Crippen LogP contribution in [0.15, 0.2) is 48.4 Å². The lowest BCUT2D eigenvalue weighted by Crippen LogP contribution is -2.04. The van der Waals surface area contributed by atoms with Crippen molar-refractivity contribution in [3.63, 3.8) is 0 Å². The number of benzene rings is 1. The van der Waals surface area contributed by atoms with Crippen LogP contribution in [0.4, 0.5) is 21.8 Å². The molecule has 3 rings (SSSR count). The van der Waals surface area contributed by atoms with Crippen molar-refractivity contribution in [3.8, 4) is 11.3 Å². The number of allylic oxidation sites excluding steroid dienone is 2. The topological polar surface area (TPSA) is 91.5 Å². The van der Waals surface area contributed by atoms with Gasteiger partial charge in [-0.15, -0.1) is 0 Å². The second-order valence-corrected chi connectivity index (χ2v) is 6.57. The van der Waals surface area contributed by atoms with E-state index < -0.39 is 0 Å². The molecule has 0 saturated heterocycles. The van der Waals surface area contributed by atoms with Gasteiger partial charge in [0.25, 0.3) is 0 Å². The molecule has 0 aliphatic carbocycles. The Bertz CT molecular complexity index is 1040. The lowest BCUT2D eigenvalue weighted by Gasteiger charge is -2.09. The molecule has 2 heterocycles. The van der Waals surface area contributed by atoms with E-state index in [1.54, 1.807) is 42.9 Å². The van der Waals surface area contributed by atoms with E-state index in [-0.39, 0.29) is 5.82 Å². The van der Waals surface area contributed by atoms with E-state index in [0.29, 0.717) is 39.4 Å². The minimum atomic E-state index is -0.322. The van der Waals surface area contributed by atoms with Crippen LogP contribution >= 0.6 is 11.6 Å². The molecule has 0 radical (unpaired) electrons. The third-order valence-corrected chi connectivity index (χ3v) is 4.14. The van der Waals surface area contributed by atoms with Gasteiger partial charge in [0.15, 0.2) is 0 Å². The Kier molecular flexibility index (Phi) is 5.70. The van der Waals surface area contributed by atoms with Crippen LogP contribution in [0.1, 0.15) is 13.8 Å². The van der Waals surface area contributed by atoms with Gasteiger partial charge in [-0.2, -0.15) is 5.10 Å². The lowest BCUT2D eigenvalue weighted by molar-refractivity contribution is 0.628. The third-order valence-electron chi connectivity index (χ3n) is 3.78. The number of hydrogen-bond acceptors (Lipinski definition) is 6. The summed E-state index contributed by atoms with van der Waals surface area (Å²) in [7, 11) is 1.75. The molecule has 7 nitrogen and oxygen atoms in total. The standard InChI is InChI=1S/C19H19ClFN7/c1-11(22)8-12(2)25-15-9-16(24-10-23-15)26-19-17(20)18(27-28(19)3)13-4-6-14(21)7-5-13/h4-10,22H,1-3H3,(H2,23,24,25,26)/b12-8-,22-11?. The second-order valence-electron chi connectivity index (χ2n) is 6.19. The van der Waals surface area contributed by atoms with Crippen LogP contribution in [0.3, 0.4) is 0 Å². The smallest absolute Gasteiger partial charge is 0.149 e. The number of rotatable bonds is 6. The molecule has 1 aromatic carbocycles. The van der Waals surface area contributed by atoms with Crippen LogP contribution in [0.2, 0.25) is 5.02 Å². The Morgan fingerprint density at radius 3 is 2.54 bits per heavy atom. The molecule has 0 aliphatic heterocycles. The first kappa shape index (κ1) is 19.5. The van der Waals surface area contributed by atoms with E-state index in [1.165, 1.54) is 18.5 Å². The largest absolute Gasteiger partial charge is 0.344 e. The fourth-order valence-electron chi connectivity index (χ4n) is 2.60. The van der Waals surface area contributed by atoms with Crippen molar-refractivity contribution in [1.29, 1.82) is 5.41 Å². The summed E-state index contributed by atoms with van der Waals surface area (Å²) in [4.78, 5) is 8.38. The first-order chi connectivity index (χ1) is 13.3. The fourth-order valence-corrected chi connectivity index (χ4v) is 2.92. The Morgan fingerprint density at radius 1 is 1.18 bits per heavy atom. The van der Waals surface area contributed by atoms with E-state index in [4.69, 9.17) is 17.0 Å². The zero-order valence-corrected chi connectivity index (χ0v) is 16.3. The summed E-state index contributed by atoms with van der Waals surface area (Å²) < 4.78 is 14.8. The summed E-state index contributed by atoms with van der Waals surface area (Å²) in [6.45, 7) is 3.54. The summed E-state index contributed by atoms with van der Waals surface area (Å²) >= 11 is 6.50. The van der Waals surface area contributed by atoms with Crippen molar-refractivity contribution in [3.05, 3.63) is 59.3 Å². The van der Waals surface area contributed by atoms with E-state index in [1.807, 2.05) is 6.92 Å². The highest BCUT2D eigenvalue weighted by Gasteiger charge is 2.17. The van der Waals surface area contributed by atoms with Crippen molar-refractivity contribution in [1.82, 2.24) is 19.7 Å². The monoisotopic (exact) mass is 399 g/mol. The van der Waals surface area contributed by atoms with Gasteiger partial charge in [-0.05, 0) is 44.2 Å². The molecule has 0 amide bonds. The molecule has 0 bridgehead atoms. The highest BCUT2D eigenvalue weighted by atomic mass is 35.5. The second kappa shape index (κ2) is 8.18. The van der Waals surface area contributed by atoms with Crippen molar-refractivity contribution in [2.24, 2.45) is 7.05 Å². The van der Waals surface area contributed by atoms with Crippen LogP contribution in [0, 0.1) is 11.2 Å². The number of hydrogen-bond donors (Lipinski definition) is 3. The molecule has 0 aliphatic rings. The summed E-state index contributed by atoms with van der Waals surface area (Å²) in [5.74, 6) is 1.32. The Morgan fingerprint density at radius 2 is 1.86 bits per heavy atom. The van der Waals surface area contributed by atoms with Gasteiger partial charge in [0.05, 0.1) is 0 Å². The van der Waals surface area contributed by atoms with E-state index in [9.17, 15) is 4.39 Å². The van der Waals surface area contributed by atoms with Crippen LogP contribution in [-0.2, 0) is 7.05 Å². The molecule has 0 fully saturated rings. The summed E-state index contributed by atoms with van der Waals surface area (Å²) in [6, 6.07) is 7.70. The van der Waals surface area contributed by atoms with Gasteiger partial charge < -0.3 is 16.0 Å². The molecule has 28 heavy (non-hydrogen) atoms. The van der Waals surface area contributed by atoms with Crippen LogP contribution < -0.4 is 10.6 Å². The quantitative estimate of drug-likeness (QED) is 0.519. The van der Waals surface area contributed by atoms with Gasteiger partial charge in [-0.3, -0.25) is 4.68 Å². The Hall–Kier alpha value is -3.26. The zero-order valence-electron chi connectivity index (χ0n) is 15.6. The summed E-state index contributed by atoms with van der Waals surface area (Å²) in [6.07, 6.45) is 3.11. The van der Waals surface area contributed by atoms with E-state index in [2.05, 4.69) is 25.7 Å². The Balaban J connectivity index is 1.85. The van der Waals surface area contributed by atoms with Gasteiger partial charge in [0.1, 0.15) is 40.3 Å². The molecule has 3 aromatic rings. The van der Waals surface area contributed by atoms with E-state index >= 15 is 0 Å². The Labute approximate surface area is 166 Å². The number of halogens is 2. The SMILES string of the molecule is CC(=N)/C=C(/C)Nc1cc(Nc2c(Cl)c(-c3ccc(F)cc3)nn2C)ncn1. The average Bonchev–Trinajstić information content (AvgIpc) is 2.90. The third kappa shape index (κ3) is 4.52. The minimum absolute atomic E-state index is 0.322. The fraction of sp³-hybridized carbons (Fsp3) is 0.158. The predicted molar refractivity (Wildman–Crippen MR) is 110 cm³/mol. The number of anilines is 3. The first-order valence-electron chi connectivity index (χ1n) is 8.41. The summed E-state index contributed by atoms with van der Waals surface area (Å²) in [5.41, 5.74) is 2.48. The van der Waals surface area contributed by atoms with Crippen LogP contribution in [0.5, 0.6) is 0 Å². The van der Waals surface area contributed by atoms with Gasteiger partial charge in [-0.25, -0.2) is 14.4 Å². The highest BCUT2D eigenvalue weighted by Crippen LogP contribution is 2.34. The number of nitrogens with zero attached hydrogens (tertiary/aromatic N) is 4. The number of aryl methyl sites for hydroxylation is 1. The maximum atomic E-state index is 13.2. The molecule has 0 saturated carbocycles. The van der Waals surface area contributed by atoms with Gasteiger partial charge in [-0.1, -0.05) is 11.6 Å². The maximum absolute atomic E-state index is 13.2. The number of nitrogens with one attached hydrogen (secondary N) is 3. The van der Waals surface area contributed by atoms with Crippen LogP contribution in [0.25, 0.3) is 11.3 Å². The predicted octanol–water partition coefficient (Wildman–Crippen LogP) is 4.77. The average molecular weight is 400 g/mol. The first-order valence-corrected chi connectivity index (χ1v) is 8.79. The van der Waals surface area contributed by atoms with Crippen molar-refractivity contribution in [2.75, 3.05) is 10.6 Å². The van der Waals surface area contributed by atoms with E-state index in [0.717, 1.165) is 5.70 Å². The maximum Gasteiger partial charge on any atom is 0.149 e. The number of aromatic nitrogens is 4. The molecule has 9 heteroatoms. The molecular formula is C19H19ClFN7. The zero-order chi connectivity index (χ0) is 20.3. The normalized spacial score (nSPS) is 11.4. The van der Waals surface area contributed by atoms with Gasteiger partial charge >= 0.3 is 0 Å². The molecule has 2 aromatic heterocycles. The minimum Gasteiger partial charge on any atom is -0.344 e. The van der Waals surface area contributed by atoms with Gasteiger partial charge in [0.2, 0.25) is 0 Å². The van der Waals surface area contributed by atoms with Crippen molar-refractivity contribution >= 4 is 34.8 Å². The molecule has 0 spiro atoms.